The zero-order chi connectivity index (χ0) is 15.5. The van der Waals surface area contributed by atoms with Gasteiger partial charge in [-0.1, -0.05) is 18.2 Å². The van der Waals surface area contributed by atoms with Gasteiger partial charge in [0.05, 0.1) is 25.8 Å². The van der Waals surface area contributed by atoms with Gasteiger partial charge in [0.2, 0.25) is 5.91 Å². The van der Waals surface area contributed by atoms with Crippen molar-refractivity contribution in [3.8, 4) is 6.07 Å². The second kappa shape index (κ2) is 9.88. The van der Waals surface area contributed by atoms with E-state index in [1.54, 1.807) is 24.1 Å². The molecule has 0 bridgehead atoms. The maximum Gasteiger partial charge on any atom is 0.242 e. The molecule has 114 valence electrons. The lowest BCUT2D eigenvalue weighted by atomic mass is 10.2. The van der Waals surface area contributed by atoms with Gasteiger partial charge in [0.15, 0.2) is 0 Å². The molecule has 1 aromatic carbocycles. The molecule has 6 heteroatoms. The van der Waals surface area contributed by atoms with E-state index in [0.717, 1.165) is 0 Å². The number of nitriles is 1. The third kappa shape index (κ3) is 5.92. The Balaban J connectivity index is 2.73. The molecule has 0 aliphatic rings. The summed E-state index contributed by atoms with van der Waals surface area (Å²) in [6.07, 6.45) is 0. The van der Waals surface area contributed by atoms with Gasteiger partial charge in [-0.3, -0.25) is 14.6 Å². The summed E-state index contributed by atoms with van der Waals surface area (Å²) in [6.45, 7) is 1.54. The van der Waals surface area contributed by atoms with Gasteiger partial charge < -0.3 is 9.84 Å². The van der Waals surface area contributed by atoms with E-state index in [0.29, 0.717) is 25.4 Å². The zero-order valence-electron chi connectivity index (χ0n) is 12.2. The molecule has 1 aromatic rings. The molecule has 0 saturated heterocycles. The van der Waals surface area contributed by atoms with Crippen molar-refractivity contribution in [2.24, 2.45) is 0 Å². The predicted octanol–water partition coefficient (Wildman–Crippen LogP) is 0.484. The standard InChI is InChI=1S/C15H21N3O3/c1-21-12-10-17(9-11-19)13-15(20)18(8-7-16)14-5-3-2-4-6-14/h2-6,19H,8-13H2,1H3. The summed E-state index contributed by atoms with van der Waals surface area (Å²) in [5, 5.41) is 18.0. The first-order valence-electron chi connectivity index (χ1n) is 6.77. The Hall–Kier alpha value is -1.94. The van der Waals surface area contributed by atoms with Gasteiger partial charge in [-0.05, 0) is 12.1 Å². The zero-order valence-corrected chi connectivity index (χ0v) is 12.2. The maximum atomic E-state index is 12.4. The summed E-state index contributed by atoms with van der Waals surface area (Å²) >= 11 is 0. The molecule has 0 fully saturated rings. The lowest BCUT2D eigenvalue weighted by Gasteiger charge is -2.25. The number of methoxy groups -OCH3 is 1. The van der Waals surface area contributed by atoms with Crippen LogP contribution in [-0.2, 0) is 9.53 Å². The van der Waals surface area contributed by atoms with Gasteiger partial charge in [-0.2, -0.15) is 5.26 Å². The summed E-state index contributed by atoms with van der Waals surface area (Å²) in [5.74, 6) is -0.174. The fourth-order valence-electron chi connectivity index (χ4n) is 1.91. The fourth-order valence-corrected chi connectivity index (χ4v) is 1.91. The van der Waals surface area contributed by atoms with Crippen LogP contribution in [0.2, 0.25) is 0 Å². The summed E-state index contributed by atoms with van der Waals surface area (Å²) in [6, 6.07) is 11.1. The molecule has 0 unspecified atom stereocenters. The third-order valence-electron chi connectivity index (χ3n) is 2.98. The van der Waals surface area contributed by atoms with Crippen LogP contribution < -0.4 is 4.90 Å². The Bertz CT molecular complexity index is 459. The van der Waals surface area contributed by atoms with E-state index in [2.05, 4.69) is 0 Å². The Morgan fingerprint density at radius 3 is 2.62 bits per heavy atom. The van der Waals surface area contributed by atoms with Gasteiger partial charge in [0.1, 0.15) is 6.54 Å². The van der Waals surface area contributed by atoms with Gasteiger partial charge >= 0.3 is 0 Å². The van der Waals surface area contributed by atoms with Crippen LogP contribution >= 0.6 is 0 Å². The topological polar surface area (TPSA) is 76.8 Å². The van der Waals surface area contributed by atoms with Gasteiger partial charge in [-0.25, -0.2) is 0 Å². The lowest BCUT2D eigenvalue weighted by molar-refractivity contribution is -0.119. The highest BCUT2D eigenvalue weighted by Gasteiger charge is 2.18. The number of benzene rings is 1. The van der Waals surface area contributed by atoms with E-state index in [-0.39, 0.29) is 25.6 Å². The van der Waals surface area contributed by atoms with Crippen LogP contribution in [0.1, 0.15) is 0 Å². The van der Waals surface area contributed by atoms with E-state index in [9.17, 15) is 4.79 Å². The normalized spacial score (nSPS) is 10.4. The van der Waals surface area contributed by atoms with Crippen LogP contribution in [0.25, 0.3) is 0 Å². The molecule has 1 N–H and O–H groups in total. The molecule has 0 atom stereocenters. The number of anilines is 1. The molecule has 0 saturated carbocycles. The summed E-state index contributed by atoms with van der Waals surface area (Å²) in [4.78, 5) is 15.6. The van der Waals surface area contributed by atoms with Gasteiger partial charge in [0.25, 0.3) is 0 Å². The molecule has 1 amide bonds. The minimum atomic E-state index is -0.174. The molecule has 0 spiro atoms. The quantitative estimate of drug-likeness (QED) is 0.670. The average Bonchev–Trinajstić information content (AvgIpc) is 2.51. The minimum absolute atomic E-state index is 0.0000887. The number of ether oxygens (including phenoxy) is 1. The number of carbonyl (C=O) groups excluding carboxylic acids is 1. The van der Waals surface area contributed by atoms with E-state index < -0.39 is 0 Å². The highest BCUT2D eigenvalue weighted by atomic mass is 16.5. The Morgan fingerprint density at radius 1 is 1.33 bits per heavy atom. The van der Waals surface area contributed by atoms with Crippen molar-refractivity contribution in [3.05, 3.63) is 30.3 Å². The van der Waals surface area contributed by atoms with E-state index in [1.807, 2.05) is 24.3 Å². The monoisotopic (exact) mass is 291 g/mol. The number of amides is 1. The fraction of sp³-hybridized carbons (Fsp3) is 0.467. The molecule has 21 heavy (non-hydrogen) atoms. The highest BCUT2D eigenvalue weighted by Crippen LogP contribution is 2.13. The molecular formula is C15H21N3O3. The molecule has 0 aliphatic heterocycles. The largest absolute Gasteiger partial charge is 0.395 e. The van der Waals surface area contributed by atoms with Crippen molar-refractivity contribution in [1.82, 2.24) is 4.90 Å². The number of rotatable bonds is 9. The second-order valence-electron chi connectivity index (χ2n) is 4.47. The van der Waals surface area contributed by atoms with E-state index in [4.69, 9.17) is 15.1 Å². The number of para-hydroxylation sites is 1. The molecule has 6 nitrogen and oxygen atoms in total. The molecule has 0 radical (unpaired) electrons. The van der Waals surface area contributed by atoms with Gasteiger partial charge in [-0.15, -0.1) is 0 Å². The third-order valence-corrected chi connectivity index (χ3v) is 2.98. The van der Waals surface area contributed by atoms with E-state index >= 15 is 0 Å². The number of nitrogens with zero attached hydrogens (tertiary/aromatic N) is 3. The van der Waals surface area contributed by atoms with Gasteiger partial charge in [0, 0.05) is 25.9 Å². The molecular weight excluding hydrogens is 270 g/mol. The van der Waals surface area contributed by atoms with Crippen molar-refractivity contribution in [2.75, 3.05) is 51.4 Å². The van der Waals surface area contributed by atoms with Crippen LogP contribution in [0.3, 0.4) is 0 Å². The number of hydrogen-bond acceptors (Lipinski definition) is 5. The van der Waals surface area contributed by atoms with Crippen LogP contribution in [0.4, 0.5) is 5.69 Å². The van der Waals surface area contributed by atoms with Crippen molar-refractivity contribution < 1.29 is 14.6 Å². The Labute approximate surface area is 125 Å². The highest BCUT2D eigenvalue weighted by molar-refractivity contribution is 5.95. The van der Waals surface area contributed by atoms with Crippen molar-refractivity contribution in [2.45, 2.75) is 0 Å². The molecule has 0 heterocycles. The summed E-state index contributed by atoms with van der Waals surface area (Å²) < 4.78 is 4.99. The number of aliphatic hydroxyl groups excluding tert-OH is 1. The maximum absolute atomic E-state index is 12.4. The van der Waals surface area contributed by atoms with Crippen LogP contribution in [-0.4, -0.2) is 62.4 Å². The average molecular weight is 291 g/mol. The van der Waals surface area contributed by atoms with Crippen LogP contribution in [0.5, 0.6) is 0 Å². The van der Waals surface area contributed by atoms with E-state index in [1.165, 1.54) is 4.90 Å². The Morgan fingerprint density at radius 2 is 2.05 bits per heavy atom. The first-order valence-corrected chi connectivity index (χ1v) is 6.77. The Kier molecular flexibility index (Phi) is 8.05. The first kappa shape index (κ1) is 17.1. The smallest absolute Gasteiger partial charge is 0.242 e. The predicted molar refractivity (Wildman–Crippen MR) is 79.8 cm³/mol. The number of hydrogen-bond donors (Lipinski definition) is 1. The second-order valence-corrected chi connectivity index (χ2v) is 4.47. The lowest BCUT2D eigenvalue weighted by Crippen LogP contribution is -2.42. The van der Waals surface area contributed by atoms with Crippen LogP contribution in [0, 0.1) is 11.3 Å². The van der Waals surface area contributed by atoms with Crippen LogP contribution in [0.15, 0.2) is 30.3 Å². The van der Waals surface area contributed by atoms with Crippen molar-refractivity contribution in [3.63, 3.8) is 0 Å². The van der Waals surface area contributed by atoms with Crippen molar-refractivity contribution >= 4 is 11.6 Å². The SMILES string of the molecule is COCCN(CCO)CC(=O)N(CC#N)c1ccccc1. The van der Waals surface area contributed by atoms with Crippen molar-refractivity contribution in [1.29, 1.82) is 5.26 Å². The summed E-state index contributed by atoms with van der Waals surface area (Å²) in [7, 11) is 1.59. The molecule has 1 rings (SSSR count). The minimum Gasteiger partial charge on any atom is -0.395 e. The first-order chi connectivity index (χ1) is 10.2. The number of aliphatic hydroxyl groups is 1. The molecule has 0 aliphatic carbocycles. The molecule has 0 aromatic heterocycles. The summed E-state index contributed by atoms with van der Waals surface area (Å²) in [5.41, 5.74) is 0.694. The number of carbonyl (C=O) groups is 1.